The number of alkyl halides is 5. The lowest BCUT2D eigenvalue weighted by molar-refractivity contribution is -0.275. The second-order valence-corrected chi connectivity index (χ2v) is 3.42. The lowest BCUT2D eigenvalue weighted by Crippen LogP contribution is -2.21. The fourth-order valence-corrected chi connectivity index (χ4v) is 1.36. The summed E-state index contributed by atoms with van der Waals surface area (Å²) in [5.41, 5.74) is 2.68. The molecule has 1 aromatic rings. The maximum atomic E-state index is 12.9. The number of carbonyl (C=O) groups is 1. The van der Waals surface area contributed by atoms with Crippen LogP contribution in [0.15, 0.2) is 6.07 Å². The number of methoxy groups -OCH3 is 1. The van der Waals surface area contributed by atoms with Crippen LogP contribution in [0.25, 0.3) is 0 Å². The Balaban J connectivity index is 3.50. The highest BCUT2D eigenvalue weighted by atomic mass is 19.4. The summed E-state index contributed by atoms with van der Waals surface area (Å²) in [6.45, 7) is -0.373. The van der Waals surface area contributed by atoms with Crippen LogP contribution in [-0.2, 0) is 11.3 Å². The van der Waals surface area contributed by atoms with Gasteiger partial charge in [0.25, 0.3) is 6.43 Å². The molecule has 0 aromatic carbocycles. The Morgan fingerprint density at radius 2 is 2.05 bits per heavy atom. The monoisotopic (exact) mass is 300 g/mol. The fraction of sp³-hybridized carbons (Fsp3) is 0.400. The zero-order chi connectivity index (χ0) is 15.5. The Kier molecular flexibility index (Phi) is 4.82. The molecule has 112 valence electrons. The highest BCUT2D eigenvalue weighted by Gasteiger charge is 2.36. The molecule has 0 unspecified atom stereocenters. The molecule has 1 rings (SSSR count). The summed E-state index contributed by atoms with van der Waals surface area (Å²) in [7, 11) is 0.874. The van der Waals surface area contributed by atoms with Crippen molar-refractivity contribution in [3.8, 4) is 5.75 Å². The van der Waals surface area contributed by atoms with Crippen LogP contribution in [0.3, 0.4) is 0 Å². The second kappa shape index (κ2) is 5.99. The number of esters is 1. The number of carbonyl (C=O) groups excluding carboxylic acids is 1. The summed E-state index contributed by atoms with van der Waals surface area (Å²) < 4.78 is 70.0. The lowest BCUT2D eigenvalue weighted by Gasteiger charge is -2.16. The van der Waals surface area contributed by atoms with Gasteiger partial charge in [0.1, 0.15) is 5.75 Å². The third kappa shape index (κ3) is 3.76. The third-order valence-corrected chi connectivity index (χ3v) is 2.11. The largest absolute Gasteiger partial charge is 0.573 e. The van der Waals surface area contributed by atoms with E-state index in [0.717, 1.165) is 7.11 Å². The van der Waals surface area contributed by atoms with Gasteiger partial charge in [-0.25, -0.2) is 18.6 Å². The number of hydrogen-bond acceptors (Lipinski definition) is 5. The van der Waals surface area contributed by atoms with Crippen molar-refractivity contribution in [1.29, 1.82) is 0 Å². The van der Waals surface area contributed by atoms with Gasteiger partial charge < -0.3 is 15.2 Å². The molecule has 0 radical (unpaired) electrons. The molecule has 5 nitrogen and oxygen atoms in total. The van der Waals surface area contributed by atoms with Crippen molar-refractivity contribution in [3.63, 3.8) is 0 Å². The van der Waals surface area contributed by atoms with E-state index in [4.69, 9.17) is 5.73 Å². The van der Waals surface area contributed by atoms with Crippen LogP contribution in [0.5, 0.6) is 5.75 Å². The van der Waals surface area contributed by atoms with Gasteiger partial charge in [0, 0.05) is 12.6 Å². The van der Waals surface area contributed by atoms with E-state index in [-0.39, 0.29) is 12.2 Å². The predicted molar refractivity (Wildman–Crippen MR) is 55.1 cm³/mol. The summed E-state index contributed by atoms with van der Waals surface area (Å²) in [5, 5.41) is 0. The quantitative estimate of drug-likeness (QED) is 0.681. The first kappa shape index (κ1) is 16.1. The topological polar surface area (TPSA) is 74.4 Å². The Morgan fingerprint density at radius 1 is 1.45 bits per heavy atom. The van der Waals surface area contributed by atoms with Gasteiger partial charge in [-0.05, 0) is 0 Å². The molecule has 0 amide bonds. The molecule has 0 aliphatic rings. The number of rotatable bonds is 4. The highest BCUT2D eigenvalue weighted by Crippen LogP contribution is 2.35. The standard InChI is InChI=1S/C10H9F5N2O3/c1-19-9(18)7-6(8(11)12)5(20-10(13,14)15)2-4(3-16)17-7/h2,8H,3,16H2,1H3. The first-order valence-corrected chi connectivity index (χ1v) is 5.05. The molecule has 0 bridgehead atoms. The molecule has 10 heteroatoms. The van der Waals surface area contributed by atoms with Crippen LogP contribution in [0.4, 0.5) is 22.0 Å². The number of aromatic nitrogens is 1. The number of nitrogens with zero attached hydrogens (tertiary/aromatic N) is 1. The van der Waals surface area contributed by atoms with Crippen LogP contribution in [0.2, 0.25) is 0 Å². The molecule has 0 fully saturated rings. The molecule has 0 aliphatic carbocycles. The molecule has 0 aliphatic heterocycles. The van der Waals surface area contributed by atoms with Gasteiger partial charge in [-0.2, -0.15) is 0 Å². The van der Waals surface area contributed by atoms with Crippen molar-refractivity contribution in [2.24, 2.45) is 5.73 Å². The van der Waals surface area contributed by atoms with Crippen molar-refractivity contribution in [3.05, 3.63) is 23.0 Å². The summed E-state index contributed by atoms with van der Waals surface area (Å²) >= 11 is 0. The zero-order valence-corrected chi connectivity index (χ0v) is 10.0. The van der Waals surface area contributed by atoms with Gasteiger partial charge in [-0.1, -0.05) is 0 Å². The molecule has 0 saturated carbocycles. The summed E-state index contributed by atoms with van der Waals surface area (Å²) in [4.78, 5) is 14.8. The van der Waals surface area contributed by atoms with E-state index in [1.165, 1.54) is 0 Å². The minimum atomic E-state index is -5.20. The number of ether oxygens (including phenoxy) is 2. The van der Waals surface area contributed by atoms with Crippen molar-refractivity contribution in [2.75, 3.05) is 7.11 Å². The van der Waals surface area contributed by atoms with E-state index in [2.05, 4.69) is 14.5 Å². The molecule has 20 heavy (non-hydrogen) atoms. The molecule has 1 aromatic heterocycles. The molecule has 0 saturated heterocycles. The average Bonchev–Trinajstić information content (AvgIpc) is 2.34. The predicted octanol–water partition coefficient (Wildman–Crippen LogP) is 2.16. The minimum absolute atomic E-state index is 0.228. The first-order chi connectivity index (χ1) is 9.19. The molecular formula is C10H9F5N2O3. The maximum Gasteiger partial charge on any atom is 0.573 e. The molecule has 2 N–H and O–H groups in total. The average molecular weight is 300 g/mol. The van der Waals surface area contributed by atoms with E-state index >= 15 is 0 Å². The van der Waals surface area contributed by atoms with Crippen molar-refractivity contribution in [1.82, 2.24) is 4.98 Å². The fourth-order valence-electron chi connectivity index (χ4n) is 1.36. The summed E-state index contributed by atoms with van der Waals surface area (Å²) in [5.74, 6) is -2.55. The van der Waals surface area contributed by atoms with Crippen molar-refractivity contribution in [2.45, 2.75) is 19.3 Å². The van der Waals surface area contributed by atoms with Crippen LogP contribution < -0.4 is 10.5 Å². The number of nitrogens with two attached hydrogens (primary N) is 1. The minimum Gasteiger partial charge on any atom is -0.464 e. The van der Waals surface area contributed by atoms with E-state index < -0.39 is 35.8 Å². The number of halogens is 5. The van der Waals surface area contributed by atoms with Gasteiger partial charge in [0.05, 0.1) is 18.4 Å². The highest BCUT2D eigenvalue weighted by molar-refractivity contribution is 5.89. The first-order valence-electron chi connectivity index (χ1n) is 5.05. The Labute approximate surface area is 109 Å². The van der Waals surface area contributed by atoms with Crippen molar-refractivity contribution < 1.29 is 36.2 Å². The normalized spacial score (nSPS) is 11.6. The smallest absolute Gasteiger partial charge is 0.464 e. The van der Waals surface area contributed by atoms with Crippen LogP contribution in [-0.4, -0.2) is 24.4 Å². The van der Waals surface area contributed by atoms with E-state index in [0.29, 0.717) is 6.07 Å². The van der Waals surface area contributed by atoms with Gasteiger partial charge >= 0.3 is 12.3 Å². The van der Waals surface area contributed by atoms with E-state index in [9.17, 15) is 26.7 Å². The second-order valence-electron chi connectivity index (χ2n) is 3.42. The van der Waals surface area contributed by atoms with Crippen LogP contribution in [0, 0.1) is 0 Å². The molecular weight excluding hydrogens is 291 g/mol. The van der Waals surface area contributed by atoms with Gasteiger partial charge in [0.15, 0.2) is 5.69 Å². The number of pyridine rings is 1. The van der Waals surface area contributed by atoms with Crippen LogP contribution >= 0.6 is 0 Å². The van der Waals surface area contributed by atoms with Crippen LogP contribution in [0.1, 0.15) is 28.2 Å². The third-order valence-electron chi connectivity index (χ3n) is 2.11. The molecule has 1 heterocycles. The molecule has 0 spiro atoms. The van der Waals surface area contributed by atoms with Gasteiger partial charge in [0.2, 0.25) is 0 Å². The maximum absolute atomic E-state index is 12.9. The van der Waals surface area contributed by atoms with E-state index in [1.54, 1.807) is 0 Å². The zero-order valence-electron chi connectivity index (χ0n) is 10.0. The van der Waals surface area contributed by atoms with E-state index in [1.807, 2.05) is 0 Å². The summed E-state index contributed by atoms with van der Waals surface area (Å²) in [6, 6.07) is 0.599. The number of hydrogen-bond donors (Lipinski definition) is 1. The lowest BCUT2D eigenvalue weighted by atomic mass is 10.1. The van der Waals surface area contributed by atoms with Gasteiger partial charge in [-0.3, -0.25) is 0 Å². The molecule has 0 atom stereocenters. The summed E-state index contributed by atoms with van der Waals surface area (Å²) in [6.07, 6.45) is -8.62. The van der Waals surface area contributed by atoms with Crippen molar-refractivity contribution >= 4 is 5.97 Å². The SMILES string of the molecule is COC(=O)c1nc(CN)cc(OC(F)(F)F)c1C(F)F. The Morgan fingerprint density at radius 3 is 2.45 bits per heavy atom. The van der Waals surface area contributed by atoms with Gasteiger partial charge in [-0.15, -0.1) is 13.2 Å². The Hall–Kier alpha value is -1.97. The Bertz CT molecular complexity index is 504.